The van der Waals surface area contributed by atoms with Gasteiger partial charge in [-0.15, -0.1) is 0 Å². The summed E-state index contributed by atoms with van der Waals surface area (Å²) in [4.78, 5) is 24.6. The smallest absolute Gasteiger partial charge is 0.225 e. The number of pyridine rings is 1. The van der Waals surface area contributed by atoms with Crippen LogP contribution in [0.2, 0.25) is 0 Å². The number of nitrogens with zero attached hydrogens (tertiary/aromatic N) is 10. The Hall–Kier alpha value is -4.67. The quantitative estimate of drug-likeness (QED) is 0.391. The van der Waals surface area contributed by atoms with E-state index in [0.29, 0.717) is 5.82 Å². The third-order valence-corrected chi connectivity index (χ3v) is 6.32. The molecule has 0 bridgehead atoms. The Morgan fingerprint density at radius 1 is 1.00 bits per heavy atom. The molecule has 0 unspecified atom stereocenters. The zero-order valence-corrected chi connectivity index (χ0v) is 20.1. The number of fused-ring (bicyclic) bond motifs is 1. The maximum atomic E-state index is 4.69. The van der Waals surface area contributed by atoms with Gasteiger partial charge < -0.3 is 10.2 Å². The van der Waals surface area contributed by atoms with Crippen LogP contribution < -0.4 is 10.2 Å². The number of rotatable bonds is 6. The highest BCUT2D eigenvalue weighted by Crippen LogP contribution is 2.28. The van der Waals surface area contributed by atoms with Crippen molar-refractivity contribution in [1.29, 1.82) is 0 Å². The molecule has 0 aromatic carbocycles. The van der Waals surface area contributed by atoms with Crippen LogP contribution >= 0.6 is 0 Å². The molecular formula is C25H25N11. The van der Waals surface area contributed by atoms with Gasteiger partial charge in [-0.05, 0) is 49.1 Å². The molecule has 0 fully saturated rings. The average Bonchev–Trinajstić information content (AvgIpc) is 3.61. The minimum absolute atomic E-state index is 0.712. The molecule has 0 saturated carbocycles. The SMILES string of the molecule is CCc1cnc(N2CC=C(c3cnc4c(Nc5ccc(-n6cncn6)nc5C)ccnn34)CC2)nc1. The molecule has 180 valence electrons. The lowest BCUT2D eigenvalue weighted by Gasteiger charge is -2.26. The highest BCUT2D eigenvalue weighted by atomic mass is 15.3. The summed E-state index contributed by atoms with van der Waals surface area (Å²) in [5, 5.41) is 12.2. The molecule has 0 spiro atoms. The number of anilines is 3. The Morgan fingerprint density at radius 3 is 2.61 bits per heavy atom. The van der Waals surface area contributed by atoms with E-state index >= 15 is 0 Å². The van der Waals surface area contributed by atoms with Crippen molar-refractivity contribution in [2.45, 2.75) is 26.7 Å². The van der Waals surface area contributed by atoms with Gasteiger partial charge in [0.25, 0.3) is 0 Å². The van der Waals surface area contributed by atoms with E-state index in [1.807, 2.05) is 48.2 Å². The molecular weight excluding hydrogens is 454 g/mol. The Kier molecular flexibility index (Phi) is 5.56. The van der Waals surface area contributed by atoms with E-state index in [0.717, 1.165) is 65.9 Å². The van der Waals surface area contributed by atoms with E-state index in [1.165, 1.54) is 11.9 Å². The lowest BCUT2D eigenvalue weighted by Crippen LogP contribution is -2.30. The predicted molar refractivity (Wildman–Crippen MR) is 136 cm³/mol. The molecule has 0 saturated heterocycles. The lowest BCUT2D eigenvalue weighted by atomic mass is 10.1. The molecule has 1 N–H and O–H groups in total. The van der Waals surface area contributed by atoms with Gasteiger partial charge >= 0.3 is 0 Å². The van der Waals surface area contributed by atoms with Crippen molar-refractivity contribution >= 4 is 28.5 Å². The summed E-state index contributed by atoms with van der Waals surface area (Å²) in [7, 11) is 0. The number of nitrogens with one attached hydrogen (secondary N) is 1. The van der Waals surface area contributed by atoms with Gasteiger partial charge in [0.1, 0.15) is 12.7 Å². The molecule has 36 heavy (non-hydrogen) atoms. The number of hydrogen-bond acceptors (Lipinski definition) is 9. The molecule has 0 amide bonds. The van der Waals surface area contributed by atoms with Crippen molar-refractivity contribution in [3.63, 3.8) is 0 Å². The van der Waals surface area contributed by atoms with Crippen molar-refractivity contribution in [1.82, 2.24) is 44.3 Å². The van der Waals surface area contributed by atoms with Crippen molar-refractivity contribution in [2.75, 3.05) is 23.3 Å². The van der Waals surface area contributed by atoms with Gasteiger partial charge in [0.2, 0.25) is 5.95 Å². The van der Waals surface area contributed by atoms with Crippen LogP contribution in [-0.2, 0) is 6.42 Å². The van der Waals surface area contributed by atoms with Crippen molar-refractivity contribution in [3.05, 3.63) is 78.7 Å². The second-order valence-electron chi connectivity index (χ2n) is 8.56. The average molecular weight is 480 g/mol. The van der Waals surface area contributed by atoms with Crippen molar-refractivity contribution < 1.29 is 0 Å². The summed E-state index contributed by atoms with van der Waals surface area (Å²) >= 11 is 0. The normalized spacial score (nSPS) is 13.7. The number of aryl methyl sites for hydroxylation is 2. The van der Waals surface area contributed by atoms with E-state index < -0.39 is 0 Å². The molecule has 0 aliphatic carbocycles. The van der Waals surface area contributed by atoms with Crippen LogP contribution in [0.5, 0.6) is 0 Å². The molecule has 6 heterocycles. The minimum Gasteiger partial charge on any atom is -0.351 e. The molecule has 5 aromatic rings. The van der Waals surface area contributed by atoms with Crippen LogP contribution in [0.15, 0.2) is 61.7 Å². The van der Waals surface area contributed by atoms with E-state index in [4.69, 9.17) is 4.98 Å². The molecule has 1 aliphatic rings. The fraction of sp³-hybridized carbons (Fsp3) is 0.240. The Morgan fingerprint density at radius 2 is 1.89 bits per heavy atom. The highest BCUT2D eigenvalue weighted by molar-refractivity contribution is 5.77. The van der Waals surface area contributed by atoms with Crippen LogP contribution in [0.1, 0.15) is 30.3 Å². The zero-order chi connectivity index (χ0) is 24.5. The first-order valence-electron chi connectivity index (χ1n) is 11.9. The molecule has 0 atom stereocenters. The third-order valence-electron chi connectivity index (χ3n) is 6.32. The van der Waals surface area contributed by atoms with E-state index in [9.17, 15) is 0 Å². The molecule has 5 aromatic heterocycles. The summed E-state index contributed by atoms with van der Waals surface area (Å²) < 4.78 is 3.52. The van der Waals surface area contributed by atoms with Crippen molar-refractivity contribution in [2.24, 2.45) is 0 Å². The summed E-state index contributed by atoms with van der Waals surface area (Å²) in [6.45, 7) is 5.64. The Balaban J connectivity index is 1.23. The maximum absolute atomic E-state index is 4.69. The van der Waals surface area contributed by atoms with Crippen LogP contribution in [0.4, 0.5) is 17.3 Å². The topological polar surface area (TPSA) is 115 Å². The Labute approximate surface area is 207 Å². The first-order chi connectivity index (χ1) is 17.7. The first-order valence-corrected chi connectivity index (χ1v) is 11.9. The second-order valence-corrected chi connectivity index (χ2v) is 8.56. The standard InChI is InChI=1S/C25H25N11/c1-3-18-12-28-25(29-13-18)34-10-7-19(8-11-34)22-14-27-24-21(6-9-30-36(22)24)33-20-4-5-23(32-17(20)2)35-16-26-15-31-35/h4-7,9,12-16,33H,3,8,10-11H2,1-2H3. The van der Waals surface area contributed by atoms with Crippen LogP contribution in [0.3, 0.4) is 0 Å². The molecule has 0 radical (unpaired) electrons. The van der Waals surface area contributed by atoms with Gasteiger partial charge in [-0.3, -0.25) is 0 Å². The van der Waals surface area contributed by atoms with Gasteiger partial charge in [0, 0.05) is 25.5 Å². The largest absolute Gasteiger partial charge is 0.351 e. The summed E-state index contributed by atoms with van der Waals surface area (Å²) in [6, 6.07) is 5.80. The van der Waals surface area contributed by atoms with Gasteiger partial charge in [-0.2, -0.15) is 10.2 Å². The summed E-state index contributed by atoms with van der Waals surface area (Å²) in [6.07, 6.45) is 14.6. The lowest BCUT2D eigenvalue weighted by molar-refractivity contribution is 0.786. The van der Waals surface area contributed by atoms with Gasteiger partial charge in [-0.1, -0.05) is 13.0 Å². The van der Waals surface area contributed by atoms with E-state index in [-0.39, 0.29) is 0 Å². The third kappa shape index (κ3) is 4.04. The monoisotopic (exact) mass is 479 g/mol. The van der Waals surface area contributed by atoms with Crippen molar-refractivity contribution in [3.8, 4) is 5.82 Å². The molecule has 11 heteroatoms. The number of hydrogen-bond donors (Lipinski definition) is 1. The highest BCUT2D eigenvalue weighted by Gasteiger charge is 2.19. The van der Waals surface area contributed by atoms with Gasteiger partial charge in [0.15, 0.2) is 11.5 Å². The second kappa shape index (κ2) is 9.17. The van der Waals surface area contributed by atoms with Gasteiger partial charge in [-0.25, -0.2) is 34.1 Å². The fourth-order valence-electron chi connectivity index (χ4n) is 4.27. The fourth-order valence-corrected chi connectivity index (χ4v) is 4.27. The zero-order valence-electron chi connectivity index (χ0n) is 20.1. The maximum Gasteiger partial charge on any atom is 0.225 e. The van der Waals surface area contributed by atoms with E-state index in [2.05, 4.69) is 53.3 Å². The summed E-state index contributed by atoms with van der Waals surface area (Å²) in [5.41, 5.74) is 6.69. The molecule has 6 rings (SSSR count). The van der Waals surface area contributed by atoms with E-state index in [1.54, 1.807) is 17.2 Å². The first kappa shape index (κ1) is 21.8. The molecule has 1 aliphatic heterocycles. The minimum atomic E-state index is 0.712. The van der Waals surface area contributed by atoms with Crippen LogP contribution in [-0.4, -0.2) is 57.4 Å². The Bertz CT molecular complexity index is 1530. The summed E-state index contributed by atoms with van der Waals surface area (Å²) in [5.74, 6) is 1.48. The van der Waals surface area contributed by atoms with Crippen LogP contribution in [0, 0.1) is 6.92 Å². The predicted octanol–water partition coefficient (Wildman–Crippen LogP) is 3.40. The van der Waals surface area contributed by atoms with Crippen LogP contribution in [0.25, 0.3) is 17.0 Å². The number of aromatic nitrogens is 9. The van der Waals surface area contributed by atoms with Gasteiger partial charge in [0.05, 0.1) is 35.2 Å². The number of imidazole rings is 1. The molecule has 11 nitrogen and oxygen atoms in total.